The summed E-state index contributed by atoms with van der Waals surface area (Å²) in [5, 5.41) is 0. The van der Waals surface area contributed by atoms with Gasteiger partial charge in [-0.3, -0.25) is 9.59 Å². The van der Waals surface area contributed by atoms with Crippen LogP contribution in [0.5, 0.6) is 5.75 Å². The molecule has 0 spiro atoms. The third kappa shape index (κ3) is 4.14. The van der Waals surface area contributed by atoms with E-state index in [1.54, 1.807) is 6.07 Å². The molecule has 2 aromatic carbocycles. The monoisotopic (exact) mass is 395 g/mol. The van der Waals surface area contributed by atoms with Crippen molar-refractivity contribution in [2.45, 2.75) is 27.7 Å². The molecule has 0 N–H and O–H groups in total. The Morgan fingerprint density at radius 1 is 1.04 bits per heavy atom. The van der Waals surface area contributed by atoms with Gasteiger partial charge in [0.1, 0.15) is 5.75 Å². The summed E-state index contributed by atoms with van der Waals surface area (Å²) in [5.74, 6) is 1.39. The lowest BCUT2D eigenvalue weighted by molar-refractivity contribution is -0.119. The van der Waals surface area contributed by atoms with Gasteiger partial charge in [-0.25, -0.2) is 4.90 Å². The smallest absolute Gasteiger partial charge is 0.272 e. The Hall–Kier alpha value is -2.53. The van der Waals surface area contributed by atoms with Gasteiger partial charge < -0.3 is 4.74 Å². The van der Waals surface area contributed by atoms with Gasteiger partial charge in [-0.05, 0) is 54.0 Å². The fraction of sp³-hybridized carbons (Fsp3) is 0.304. The van der Waals surface area contributed by atoms with Gasteiger partial charge >= 0.3 is 0 Å². The molecule has 146 valence electrons. The number of hydrogen-bond acceptors (Lipinski definition) is 4. The summed E-state index contributed by atoms with van der Waals surface area (Å²) in [4.78, 5) is 28.0. The molecule has 0 aromatic heterocycles. The minimum absolute atomic E-state index is 0.252. The van der Waals surface area contributed by atoms with Gasteiger partial charge in [-0.15, -0.1) is 11.8 Å². The van der Waals surface area contributed by atoms with E-state index in [4.69, 9.17) is 4.74 Å². The first kappa shape index (κ1) is 20.2. The molecule has 0 unspecified atom stereocenters. The maximum atomic E-state index is 13.2. The summed E-state index contributed by atoms with van der Waals surface area (Å²) < 4.78 is 5.73. The van der Waals surface area contributed by atoms with Crippen LogP contribution in [-0.2, 0) is 9.59 Å². The van der Waals surface area contributed by atoms with Crippen molar-refractivity contribution in [3.63, 3.8) is 0 Å². The lowest BCUT2D eigenvalue weighted by Crippen LogP contribution is -2.31. The van der Waals surface area contributed by atoms with E-state index in [0.717, 1.165) is 22.6 Å². The Bertz CT molecular complexity index is 916. The first-order valence-electron chi connectivity index (χ1n) is 9.48. The molecule has 28 heavy (non-hydrogen) atoms. The van der Waals surface area contributed by atoms with Gasteiger partial charge in [0.25, 0.3) is 11.8 Å². The molecule has 0 radical (unpaired) electrons. The maximum absolute atomic E-state index is 13.2. The number of thioether (sulfide) groups is 1. The lowest BCUT2D eigenvalue weighted by Gasteiger charge is -2.15. The third-order valence-corrected chi connectivity index (χ3v) is 5.27. The number of carbonyl (C=O) groups excluding carboxylic acids is 2. The van der Waals surface area contributed by atoms with Crippen molar-refractivity contribution < 1.29 is 14.3 Å². The largest absolute Gasteiger partial charge is 0.493 e. The third-order valence-electron chi connectivity index (χ3n) is 4.32. The minimum Gasteiger partial charge on any atom is -0.493 e. The van der Waals surface area contributed by atoms with Crippen LogP contribution in [0.3, 0.4) is 0 Å². The number of nitrogens with zero attached hydrogens (tertiary/aromatic N) is 1. The molecule has 2 aromatic rings. The maximum Gasteiger partial charge on any atom is 0.272 e. The van der Waals surface area contributed by atoms with Crippen molar-refractivity contribution in [3.8, 4) is 5.75 Å². The van der Waals surface area contributed by atoms with Crippen LogP contribution in [0.2, 0.25) is 0 Å². The van der Waals surface area contributed by atoms with Gasteiger partial charge in [0.15, 0.2) is 0 Å². The molecule has 0 bridgehead atoms. The fourth-order valence-corrected chi connectivity index (χ4v) is 3.88. The summed E-state index contributed by atoms with van der Waals surface area (Å²) in [5.41, 5.74) is 2.81. The molecular weight excluding hydrogens is 370 g/mol. The van der Waals surface area contributed by atoms with Crippen LogP contribution in [0.4, 0.5) is 5.69 Å². The number of benzene rings is 2. The molecule has 4 nitrogen and oxygen atoms in total. The van der Waals surface area contributed by atoms with Crippen LogP contribution in [-0.4, -0.2) is 24.2 Å². The molecule has 1 heterocycles. The molecule has 0 saturated carbocycles. The zero-order chi connectivity index (χ0) is 20.3. The minimum atomic E-state index is -0.276. The highest BCUT2D eigenvalue weighted by Gasteiger charge is 2.39. The van der Waals surface area contributed by atoms with Crippen molar-refractivity contribution in [1.82, 2.24) is 0 Å². The van der Waals surface area contributed by atoms with Crippen LogP contribution in [0.25, 0.3) is 5.57 Å². The predicted octanol–water partition coefficient (Wildman–Crippen LogP) is 5.07. The van der Waals surface area contributed by atoms with Gasteiger partial charge in [0, 0.05) is 0 Å². The highest BCUT2D eigenvalue weighted by Crippen LogP contribution is 2.38. The van der Waals surface area contributed by atoms with Crippen molar-refractivity contribution >= 4 is 34.8 Å². The Morgan fingerprint density at radius 3 is 2.36 bits per heavy atom. The number of hydrogen-bond donors (Lipinski definition) is 0. The van der Waals surface area contributed by atoms with Crippen LogP contribution >= 0.6 is 11.8 Å². The molecule has 1 aliphatic rings. The molecule has 0 saturated heterocycles. The van der Waals surface area contributed by atoms with E-state index in [2.05, 4.69) is 13.8 Å². The quantitative estimate of drug-likeness (QED) is 0.614. The van der Waals surface area contributed by atoms with Crippen molar-refractivity contribution in [2.75, 3.05) is 17.3 Å². The topological polar surface area (TPSA) is 46.6 Å². The zero-order valence-corrected chi connectivity index (χ0v) is 17.5. The standard InChI is InChI=1S/C23H25NO3S/c1-5-28-21-20(17-9-11-19(12-10-17)27-14-15(2)3)22(25)24(23(21)26)18-8-6-7-16(4)13-18/h6-13,15H,5,14H2,1-4H3. The molecule has 0 aliphatic carbocycles. The molecule has 0 fully saturated rings. The van der Waals surface area contributed by atoms with Crippen molar-refractivity contribution in [2.24, 2.45) is 5.92 Å². The Morgan fingerprint density at radius 2 is 1.75 bits per heavy atom. The van der Waals surface area contributed by atoms with Crippen molar-refractivity contribution in [3.05, 3.63) is 64.6 Å². The predicted molar refractivity (Wildman–Crippen MR) is 115 cm³/mol. The van der Waals surface area contributed by atoms with Crippen LogP contribution in [0, 0.1) is 12.8 Å². The van der Waals surface area contributed by atoms with E-state index in [9.17, 15) is 9.59 Å². The molecule has 3 rings (SSSR count). The molecule has 5 heteroatoms. The van der Waals surface area contributed by atoms with Gasteiger partial charge in [-0.2, -0.15) is 0 Å². The van der Waals surface area contributed by atoms with E-state index in [1.807, 2.05) is 56.3 Å². The summed E-state index contributed by atoms with van der Waals surface area (Å²) >= 11 is 1.41. The summed E-state index contributed by atoms with van der Waals surface area (Å²) in [7, 11) is 0. The number of rotatable bonds is 7. The number of imide groups is 1. The van der Waals surface area contributed by atoms with Crippen molar-refractivity contribution in [1.29, 1.82) is 0 Å². The van der Waals surface area contributed by atoms with E-state index in [1.165, 1.54) is 16.7 Å². The summed E-state index contributed by atoms with van der Waals surface area (Å²) in [6, 6.07) is 14.9. The number of aryl methyl sites for hydroxylation is 1. The number of carbonyl (C=O) groups is 2. The second-order valence-electron chi connectivity index (χ2n) is 7.15. The first-order valence-corrected chi connectivity index (χ1v) is 10.5. The molecule has 0 atom stereocenters. The first-order chi connectivity index (χ1) is 13.4. The Balaban J connectivity index is 1.95. The Labute approximate surface area is 170 Å². The van der Waals surface area contributed by atoms with Gasteiger partial charge in [0.05, 0.1) is 22.8 Å². The SMILES string of the molecule is CCSC1=C(c2ccc(OCC(C)C)cc2)C(=O)N(c2cccc(C)c2)C1=O. The average Bonchev–Trinajstić information content (AvgIpc) is 2.91. The van der Waals surface area contributed by atoms with E-state index < -0.39 is 0 Å². The summed E-state index contributed by atoms with van der Waals surface area (Å²) in [6.07, 6.45) is 0. The van der Waals surface area contributed by atoms with E-state index >= 15 is 0 Å². The molecular formula is C23H25NO3S. The lowest BCUT2D eigenvalue weighted by atomic mass is 10.1. The second-order valence-corrected chi connectivity index (χ2v) is 8.43. The highest BCUT2D eigenvalue weighted by atomic mass is 32.2. The van der Waals surface area contributed by atoms with Gasteiger partial charge in [0.2, 0.25) is 0 Å². The average molecular weight is 396 g/mol. The number of anilines is 1. The number of amides is 2. The highest BCUT2D eigenvalue weighted by molar-refractivity contribution is 8.04. The molecule has 2 amide bonds. The van der Waals surface area contributed by atoms with E-state index in [0.29, 0.717) is 28.7 Å². The van der Waals surface area contributed by atoms with E-state index in [-0.39, 0.29) is 11.8 Å². The second kappa shape index (κ2) is 8.65. The molecule has 1 aliphatic heterocycles. The van der Waals surface area contributed by atoms with Crippen LogP contribution < -0.4 is 9.64 Å². The normalized spacial score (nSPS) is 14.4. The van der Waals surface area contributed by atoms with Crippen LogP contribution in [0.1, 0.15) is 31.9 Å². The summed E-state index contributed by atoms with van der Waals surface area (Å²) in [6.45, 7) is 8.75. The van der Waals surface area contributed by atoms with Gasteiger partial charge in [-0.1, -0.05) is 45.0 Å². The fourth-order valence-electron chi connectivity index (χ4n) is 3.02. The number of ether oxygens (including phenoxy) is 1. The van der Waals surface area contributed by atoms with Crippen LogP contribution in [0.15, 0.2) is 53.4 Å². The zero-order valence-electron chi connectivity index (χ0n) is 16.7. The Kier molecular flexibility index (Phi) is 6.25.